The molecule has 1 amide bonds. The lowest BCUT2D eigenvalue weighted by molar-refractivity contribution is -0.114. The van der Waals surface area contributed by atoms with Crippen LogP contribution in [0.4, 0.5) is 11.4 Å². The number of hydrogen-bond donors (Lipinski definition) is 2. The monoisotopic (exact) mass is 347 g/mol. The molecule has 3 rings (SSSR count). The SMILES string of the molecule is CCn1nnnc1-c1cccc(NC(=O)CNc2ccc(C#N)cc2)c1. The van der Waals surface area contributed by atoms with Gasteiger partial charge >= 0.3 is 0 Å². The summed E-state index contributed by atoms with van der Waals surface area (Å²) in [7, 11) is 0. The zero-order valence-corrected chi connectivity index (χ0v) is 14.2. The number of anilines is 2. The van der Waals surface area contributed by atoms with Crippen LogP contribution in [0.25, 0.3) is 11.4 Å². The van der Waals surface area contributed by atoms with Gasteiger partial charge in [0, 0.05) is 23.5 Å². The summed E-state index contributed by atoms with van der Waals surface area (Å²) in [6.07, 6.45) is 0. The molecule has 8 nitrogen and oxygen atoms in total. The van der Waals surface area contributed by atoms with E-state index in [1.807, 2.05) is 31.2 Å². The summed E-state index contributed by atoms with van der Waals surface area (Å²) < 4.78 is 1.69. The van der Waals surface area contributed by atoms with Gasteiger partial charge in [0.15, 0.2) is 5.82 Å². The maximum atomic E-state index is 12.2. The van der Waals surface area contributed by atoms with Crippen molar-refractivity contribution >= 4 is 17.3 Å². The molecule has 0 aliphatic heterocycles. The largest absolute Gasteiger partial charge is 0.376 e. The number of aromatic nitrogens is 4. The van der Waals surface area contributed by atoms with E-state index in [2.05, 4.69) is 32.2 Å². The van der Waals surface area contributed by atoms with Crippen molar-refractivity contribution < 1.29 is 4.79 Å². The highest BCUT2D eigenvalue weighted by Gasteiger charge is 2.09. The summed E-state index contributed by atoms with van der Waals surface area (Å²) >= 11 is 0. The van der Waals surface area contributed by atoms with Gasteiger partial charge in [0.25, 0.3) is 0 Å². The Bertz CT molecular complexity index is 941. The zero-order chi connectivity index (χ0) is 18.4. The molecule has 0 fully saturated rings. The first-order chi connectivity index (χ1) is 12.7. The molecule has 0 atom stereocenters. The molecule has 130 valence electrons. The Labute approximate surface area is 150 Å². The van der Waals surface area contributed by atoms with Crippen LogP contribution in [-0.2, 0) is 11.3 Å². The summed E-state index contributed by atoms with van der Waals surface area (Å²) in [5.41, 5.74) is 2.84. The molecule has 8 heteroatoms. The van der Waals surface area contributed by atoms with Crippen LogP contribution >= 0.6 is 0 Å². The molecular weight excluding hydrogens is 330 g/mol. The van der Waals surface area contributed by atoms with E-state index in [-0.39, 0.29) is 12.5 Å². The Balaban J connectivity index is 1.62. The molecule has 3 aromatic rings. The van der Waals surface area contributed by atoms with Gasteiger partial charge in [-0.15, -0.1) is 5.10 Å². The molecule has 0 saturated carbocycles. The van der Waals surface area contributed by atoms with Gasteiger partial charge in [0.1, 0.15) is 0 Å². The molecule has 1 heterocycles. The molecule has 2 aromatic carbocycles. The maximum absolute atomic E-state index is 12.2. The normalized spacial score (nSPS) is 10.2. The van der Waals surface area contributed by atoms with Crippen LogP contribution in [0.1, 0.15) is 12.5 Å². The highest BCUT2D eigenvalue weighted by atomic mass is 16.1. The first-order valence-electron chi connectivity index (χ1n) is 8.10. The average molecular weight is 347 g/mol. The molecule has 0 aliphatic carbocycles. The van der Waals surface area contributed by atoms with E-state index in [4.69, 9.17) is 5.26 Å². The smallest absolute Gasteiger partial charge is 0.243 e. The number of aryl methyl sites for hydroxylation is 1. The van der Waals surface area contributed by atoms with Gasteiger partial charge in [0.05, 0.1) is 18.2 Å². The highest BCUT2D eigenvalue weighted by molar-refractivity contribution is 5.94. The van der Waals surface area contributed by atoms with E-state index in [0.29, 0.717) is 23.6 Å². The molecule has 0 unspecified atom stereocenters. The number of carbonyl (C=O) groups excluding carboxylic acids is 1. The van der Waals surface area contributed by atoms with Crippen molar-refractivity contribution in [2.45, 2.75) is 13.5 Å². The highest BCUT2D eigenvalue weighted by Crippen LogP contribution is 2.20. The molecule has 0 radical (unpaired) electrons. The van der Waals surface area contributed by atoms with Crippen molar-refractivity contribution in [3.8, 4) is 17.5 Å². The van der Waals surface area contributed by atoms with Crippen LogP contribution < -0.4 is 10.6 Å². The average Bonchev–Trinajstić information content (AvgIpc) is 3.16. The maximum Gasteiger partial charge on any atom is 0.243 e. The summed E-state index contributed by atoms with van der Waals surface area (Å²) in [5, 5.41) is 26.3. The standard InChI is InChI=1S/C18H17N7O/c1-2-25-18(22-23-24-25)14-4-3-5-16(10-14)21-17(26)12-20-15-8-6-13(11-19)7-9-15/h3-10,20H,2,12H2,1H3,(H,21,26). The molecule has 26 heavy (non-hydrogen) atoms. The number of amides is 1. The minimum absolute atomic E-state index is 0.114. The fraction of sp³-hybridized carbons (Fsp3) is 0.167. The van der Waals surface area contributed by atoms with Gasteiger partial charge in [-0.25, -0.2) is 4.68 Å². The van der Waals surface area contributed by atoms with Gasteiger partial charge in [-0.2, -0.15) is 5.26 Å². The summed E-state index contributed by atoms with van der Waals surface area (Å²) in [4.78, 5) is 12.2. The first kappa shape index (κ1) is 17.1. The number of nitrogens with one attached hydrogen (secondary N) is 2. The second-order valence-corrected chi connectivity index (χ2v) is 5.49. The fourth-order valence-corrected chi connectivity index (χ4v) is 2.41. The number of nitrogens with zero attached hydrogens (tertiary/aromatic N) is 5. The fourth-order valence-electron chi connectivity index (χ4n) is 2.41. The van der Waals surface area contributed by atoms with E-state index >= 15 is 0 Å². The number of hydrogen-bond acceptors (Lipinski definition) is 6. The van der Waals surface area contributed by atoms with Crippen LogP contribution in [-0.4, -0.2) is 32.7 Å². The van der Waals surface area contributed by atoms with Crippen LogP contribution in [0.15, 0.2) is 48.5 Å². The molecule has 1 aromatic heterocycles. The predicted octanol–water partition coefficient (Wildman–Crippen LogP) is 2.28. The number of rotatable bonds is 6. The van der Waals surface area contributed by atoms with Crippen molar-refractivity contribution in [1.82, 2.24) is 20.2 Å². The molecule has 0 saturated heterocycles. The third-order valence-corrected chi connectivity index (χ3v) is 3.70. The topological polar surface area (TPSA) is 109 Å². The van der Waals surface area contributed by atoms with Crippen LogP contribution in [0.5, 0.6) is 0 Å². The number of carbonyl (C=O) groups is 1. The quantitative estimate of drug-likeness (QED) is 0.708. The van der Waals surface area contributed by atoms with Crippen molar-refractivity contribution in [2.24, 2.45) is 0 Å². The Kier molecular flexibility index (Phi) is 5.19. The second-order valence-electron chi connectivity index (χ2n) is 5.49. The number of tetrazole rings is 1. The number of nitriles is 1. The Hall–Kier alpha value is -3.73. The van der Waals surface area contributed by atoms with Gasteiger partial charge in [-0.05, 0) is 53.7 Å². The van der Waals surface area contributed by atoms with Gasteiger partial charge in [0.2, 0.25) is 5.91 Å². The zero-order valence-electron chi connectivity index (χ0n) is 14.2. The van der Waals surface area contributed by atoms with E-state index in [0.717, 1.165) is 11.3 Å². The van der Waals surface area contributed by atoms with Crippen LogP contribution in [0.3, 0.4) is 0 Å². The third kappa shape index (κ3) is 4.02. The first-order valence-corrected chi connectivity index (χ1v) is 8.10. The van der Waals surface area contributed by atoms with Crippen LogP contribution in [0.2, 0.25) is 0 Å². The predicted molar refractivity (Wildman–Crippen MR) is 97.2 cm³/mol. The lowest BCUT2D eigenvalue weighted by atomic mass is 10.2. The molecule has 0 spiro atoms. The van der Waals surface area contributed by atoms with Crippen molar-refractivity contribution in [3.63, 3.8) is 0 Å². The Morgan fingerprint density at radius 1 is 1.19 bits per heavy atom. The van der Waals surface area contributed by atoms with Gasteiger partial charge < -0.3 is 10.6 Å². The van der Waals surface area contributed by atoms with Crippen molar-refractivity contribution in [1.29, 1.82) is 5.26 Å². The third-order valence-electron chi connectivity index (χ3n) is 3.70. The van der Waals surface area contributed by atoms with Gasteiger partial charge in [-0.3, -0.25) is 4.79 Å². The minimum Gasteiger partial charge on any atom is -0.376 e. The lowest BCUT2D eigenvalue weighted by Gasteiger charge is -2.09. The summed E-state index contributed by atoms with van der Waals surface area (Å²) in [5.74, 6) is 0.473. The molecule has 0 aliphatic rings. The lowest BCUT2D eigenvalue weighted by Crippen LogP contribution is -2.21. The Morgan fingerprint density at radius 3 is 2.73 bits per heavy atom. The van der Waals surface area contributed by atoms with E-state index < -0.39 is 0 Å². The molecule has 2 N–H and O–H groups in total. The second kappa shape index (κ2) is 7.90. The number of benzene rings is 2. The van der Waals surface area contributed by atoms with E-state index in [9.17, 15) is 4.79 Å². The van der Waals surface area contributed by atoms with Crippen LogP contribution in [0, 0.1) is 11.3 Å². The summed E-state index contributed by atoms with van der Waals surface area (Å²) in [6.45, 7) is 2.73. The summed E-state index contributed by atoms with van der Waals surface area (Å²) in [6, 6.07) is 16.3. The molecule has 0 bridgehead atoms. The van der Waals surface area contributed by atoms with E-state index in [1.165, 1.54) is 0 Å². The minimum atomic E-state index is -0.179. The van der Waals surface area contributed by atoms with Gasteiger partial charge in [-0.1, -0.05) is 12.1 Å². The van der Waals surface area contributed by atoms with Crippen molar-refractivity contribution in [3.05, 3.63) is 54.1 Å². The Morgan fingerprint density at radius 2 is 2.00 bits per heavy atom. The van der Waals surface area contributed by atoms with Crippen molar-refractivity contribution in [2.75, 3.05) is 17.2 Å². The van der Waals surface area contributed by atoms with E-state index in [1.54, 1.807) is 28.9 Å². The molecular formula is C18H17N7O.